The first-order chi connectivity index (χ1) is 6.83. The van der Waals surface area contributed by atoms with Gasteiger partial charge in [0.05, 0.1) is 0 Å². The van der Waals surface area contributed by atoms with Crippen LogP contribution in [0.3, 0.4) is 0 Å². The second kappa shape index (κ2) is 6.88. The van der Waals surface area contributed by atoms with Gasteiger partial charge in [0.25, 0.3) is 0 Å². The van der Waals surface area contributed by atoms with E-state index in [4.69, 9.17) is 8.85 Å². The Labute approximate surface area is 92.6 Å². The van der Waals surface area contributed by atoms with Crippen molar-refractivity contribution >= 4 is 18.9 Å². The molecule has 1 aliphatic heterocycles. The molecule has 84 valence electrons. The minimum atomic E-state index is -1.81. The molecule has 2 nitrogen and oxygen atoms in total. The second-order valence-corrected chi connectivity index (χ2v) is 9.56. The first kappa shape index (κ1) is 12.6. The molecule has 1 heterocycles. The molecule has 0 radical (unpaired) electrons. The normalized spacial score (nSPS) is 21.0. The molecule has 14 heavy (non-hydrogen) atoms. The molecule has 0 aromatic heterocycles. The summed E-state index contributed by atoms with van der Waals surface area (Å²) in [7, 11) is -1.81. The molecular formula is C10H22O2SSi. The smallest absolute Gasteiger partial charge is 0.387 e. The van der Waals surface area contributed by atoms with Crippen molar-refractivity contribution in [3.05, 3.63) is 0 Å². The van der Waals surface area contributed by atoms with E-state index in [1.165, 1.54) is 24.6 Å². The van der Waals surface area contributed by atoms with Crippen molar-refractivity contribution in [2.24, 2.45) is 0 Å². The van der Waals surface area contributed by atoms with E-state index in [1.807, 2.05) is 11.2 Å². The molecule has 0 unspecified atom stereocenters. The summed E-state index contributed by atoms with van der Waals surface area (Å²) < 4.78 is 12.0. The Morgan fingerprint density at radius 3 is 2.14 bits per heavy atom. The van der Waals surface area contributed by atoms with Crippen molar-refractivity contribution in [3.63, 3.8) is 0 Å². The van der Waals surface area contributed by atoms with E-state index in [9.17, 15) is 0 Å². The zero-order valence-corrected chi connectivity index (χ0v) is 11.2. The molecule has 0 saturated carbocycles. The Balaban J connectivity index is 2.39. The molecule has 0 spiro atoms. The summed E-state index contributed by atoms with van der Waals surface area (Å²) in [5.41, 5.74) is 0. The van der Waals surface area contributed by atoms with Crippen LogP contribution in [-0.4, -0.2) is 26.7 Å². The third-order valence-corrected chi connectivity index (χ3v) is 8.69. The van der Waals surface area contributed by atoms with Gasteiger partial charge in [-0.3, -0.25) is 0 Å². The Hall–Kier alpha value is 0.487. The van der Waals surface area contributed by atoms with E-state index >= 15 is 0 Å². The summed E-state index contributed by atoms with van der Waals surface area (Å²) in [6.45, 7) is 6.08. The van der Waals surface area contributed by atoms with Crippen molar-refractivity contribution < 1.29 is 8.85 Å². The van der Waals surface area contributed by atoms with Gasteiger partial charge < -0.3 is 8.85 Å². The highest BCUT2D eigenvalue weighted by Crippen LogP contribution is 2.35. The van der Waals surface area contributed by atoms with E-state index in [0.717, 1.165) is 26.1 Å². The lowest BCUT2D eigenvalue weighted by atomic mass is 10.4. The summed E-state index contributed by atoms with van der Waals surface area (Å²) in [6.07, 6.45) is 4.84. The van der Waals surface area contributed by atoms with Gasteiger partial charge in [-0.05, 0) is 31.4 Å². The Morgan fingerprint density at radius 1 is 1.07 bits per heavy atom. The molecular weight excluding hydrogens is 212 g/mol. The van der Waals surface area contributed by atoms with Crippen LogP contribution in [0.2, 0.25) is 6.04 Å². The zero-order chi connectivity index (χ0) is 10.3. The molecule has 0 N–H and O–H groups in total. The third kappa shape index (κ3) is 3.93. The fraction of sp³-hybridized carbons (Fsp3) is 1.00. The molecule has 0 bridgehead atoms. The van der Waals surface area contributed by atoms with Crippen LogP contribution in [0.4, 0.5) is 0 Å². The lowest BCUT2D eigenvalue weighted by Crippen LogP contribution is -2.41. The van der Waals surface area contributed by atoms with Crippen molar-refractivity contribution in [1.82, 2.24) is 0 Å². The minimum absolute atomic E-state index is 0.878. The highest BCUT2D eigenvalue weighted by molar-refractivity contribution is 8.27. The Morgan fingerprint density at radius 2 is 1.71 bits per heavy atom. The zero-order valence-electron chi connectivity index (χ0n) is 9.38. The number of hydrogen-bond donors (Lipinski definition) is 0. The largest absolute Gasteiger partial charge is 0.406 e. The SMILES string of the molecule is CCCO[Si]1(OCCC)CCCCS1. The highest BCUT2D eigenvalue weighted by atomic mass is 32.4. The van der Waals surface area contributed by atoms with Crippen LogP contribution in [-0.2, 0) is 8.85 Å². The highest BCUT2D eigenvalue weighted by Gasteiger charge is 2.40. The summed E-state index contributed by atoms with van der Waals surface area (Å²) >= 11 is 1.98. The number of hydrogen-bond acceptors (Lipinski definition) is 3. The van der Waals surface area contributed by atoms with Crippen LogP contribution < -0.4 is 0 Å². The molecule has 1 aliphatic rings. The van der Waals surface area contributed by atoms with E-state index in [-0.39, 0.29) is 0 Å². The maximum Gasteiger partial charge on any atom is 0.406 e. The van der Waals surface area contributed by atoms with Gasteiger partial charge in [0.2, 0.25) is 0 Å². The molecule has 0 atom stereocenters. The van der Waals surface area contributed by atoms with E-state index in [1.54, 1.807) is 0 Å². The van der Waals surface area contributed by atoms with Crippen molar-refractivity contribution in [1.29, 1.82) is 0 Å². The van der Waals surface area contributed by atoms with E-state index in [0.29, 0.717) is 0 Å². The quantitative estimate of drug-likeness (QED) is 0.657. The molecule has 0 aromatic carbocycles. The topological polar surface area (TPSA) is 18.5 Å². The summed E-state index contributed by atoms with van der Waals surface area (Å²) in [5, 5.41) is 0. The van der Waals surface area contributed by atoms with Crippen molar-refractivity contribution in [2.45, 2.75) is 45.6 Å². The second-order valence-electron chi connectivity index (χ2n) is 3.69. The summed E-state index contributed by atoms with van der Waals surface area (Å²) in [6, 6.07) is 1.19. The van der Waals surface area contributed by atoms with Gasteiger partial charge in [-0.1, -0.05) is 13.8 Å². The third-order valence-electron chi connectivity index (χ3n) is 2.25. The summed E-state index contributed by atoms with van der Waals surface area (Å²) in [5.74, 6) is 1.24. The number of rotatable bonds is 6. The van der Waals surface area contributed by atoms with Crippen LogP contribution in [0.5, 0.6) is 0 Å². The standard InChI is InChI=1S/C10H22O2SSi/c1-3-7-11-14(12-8-4-2)10-6-5-9-13-14/h3-10H2,1-2H3. The maximum atomic E-state index is 6.00. The van der Waals surface area contributed by atoms with Crippen LogP contribution >= 0.6 is 11.2 Å². The lowest BCUT2D eigenvalue weighted by Gasteiger charge is -2.32. The molecule has 4 heteroatoms. The first-order valence-corrected chi connectivity index (χ1v) is 9.48. The van der Waals surface area contributed by atoms with Crippen LogP contribution in [0.15, 0.2) is 0 Å². The van der Waals surface area contributed by atoms with Crippen LogP contribution in [0.25, 0.3) is 0 Å². The minimum Gasteiger partial charge on any atom is -0.387 e. The summed E-state index contributed by atoms with van der Waals surface area (Å²) in [4.78, 5) is 0. The van der Waals surface area contributed by atoms with Gasteiger partial charge in [0.1, 0.15) is 0 Å². The fourth-order valence-corrected chi connectivity index (χ4v) is 7.82. The molecule has 0 aromatic rings. The Kier molecular flexibility index (Phi) is 6.17. The van der Waals surface area contributed by atoms with Gasteiger partial charge >= 0.3 is 7.71 Å². The monoisotopic (exact) mass is 234 g/mol. The Bertz CT molecular complexity index is 139. The molecule has 0 amide bonds. The van der Waals surface area contributed by atoms with Gasteiger partial charge in [0.15, 0.2) is 0 Å². The predicted octanol–water partition coefficient (Wildman–Crippen LogP) is 3.31. The molecule has 1 fully saturated rings. The molecule has 1 saturated heterocycles. The van der Waals surface area contributed by atoms with E-state index < -0.39 is 7.71 Å². The van der Waals surface area contributed by atoms with Gasteiger partial charge in [-0.15, -0.1) is 11.2 Å². The van der Waals surface area contributed by atoms with Crippen molar-refractivity contribution in [2.75, 3.05) is 19.0 Å². The maximum absolute atomic E-state index is 6.00. The molecule has 1 rings (SSSR count). The van der Waals surface area contributed by atoms with Gasteiger partial charge in [-0.2, -0.15) is 0 Å². The van der Waals surface area contributed by atoms with E-state index in [2.05, 4.69) is 13.8 Å². The average molecular weight is 234 g/mol. The lowest BCUT2D eigenvalue weighted by molar-refractivity contribution is 0.186. The van der Waals surface area contributed by atoms with Gasteiger partial charge in [-0.25, -0.2) is 0 Å². The van der Waals surface area contributed by atoms with Crippen LogP contribution in [0.1, 0.15) is 39.5 Å². The van der Waals surface area contributed by atoms with Gasteiger partial charge in [0, 0.05) is 19.3 Å². The fourth-order valence-electron chi connectivity index (χ4n) is 1.53. The molecule has 0 aliphatic carbocycles. The average Bonchev–Trinajstić information content (AvgIpc) is 2.25. The first-order valence-electron chi connectivity index (χ1n) is 5.75. The van der Waals surface area contributed by atoms with Crippen molar-refractivity contribution in [3.8, 4) is 0 Å². The van der Waals surface area contributed by atoms with Crippen LogP contribution in [0, 0.1) is 0 Å². The predicted molar refractivity (Wildman–Crippen MR) is 64.7 cm³/mol.